The Labute approximate surface area is 78.9 Å². The first kappa shape index (κ1) is 9.95. The Morgan fingerprint density at radius 1 is 1.62 bits per heavy atom. The third-order valence-corrected chi connectivity index (χ3v) is 1.87. The largest absolute Gasteiger partial charge is 0.378 e. The molecular weight excluding hydrogens is 197 g/mol. The lowest BCUT2D eigenvalue weighted by Gasteiger charge is -2.09. The fourth-order valence-electron chi connectivity index (χ4n) is 0.914. The molecule has 0 saturated carbocycles. The van der Waals surface area contributed by atoms with E-state index < -0.39 is 17.8 Å². The van der Waals surface area contributed by atoms with Gasteiger partial charge in [-0.15, -0.1) is 0 Å². The van der Waals surface area contributed by atoms with Crippen LogP contribution in [-0.4, -0.2) is 11.0 Å². The first-order valence-corrected chi connectivity index (χ1v) is 3.83. The molecule has 0 aliphatic carbocycles. The zero-order chi connectivity index (χ0) is 10.0. The lowest BCUT2D eigenvalue weighted by atomic mass is 10.1. The molecule has 70 valence electrons. The summed E-state index contributed by atoms with van der Waals surface area (Å²) in [5.41, 5.74) is 4.51. The normalized spacial score (nSPS) is 12.5. The van der Waals surface area contributed by atoms with Crippen molar-refractivity contribution < 1.29 is 14.3 Å². The van der Waals surface area contributed by atoms with Crippen LogP contribution in [0.4, 0.5) is 4.39 Å². The molecule has 1 rings (SSSR count). The molecule has 0 heterocycles. The first-order chi connectivity index (χ1) is 6.04. The van der Waals surface area contributed by atoms with Gasteiger partial charge in [0.2, 0.25) is 0 Å². The monoisotopic (exact) mass is 203 g/mol. The zero-order valence-corrected chi connectivity index (χ0v) is 7.25. The van der Waals surface area contributed by atoms with E-state index in [9.17, 15) is 9.18 Å². The molecule has 0 aliphatic heterocycles. The molecule has 1 unspecified atom stereocenters. The third kappa shape index (κ3) is 1.96. The molecule has 1 aromatic carbocycles. The van der Waals surface area contributed by atoms with Gasteiger partial charge in [0.25, 0.3) is 5.91 Å². The maximum Gasteiger partial charge on any atom is 0.251 e. The highest BCUT2D eigenvalue weighted by atomic mass is 35.5. The van der Waals surface area contributed by atoms with Gasteiger partial charge in [0.05, 0.1) is 0 Å². The second kappa shape index (κ2) is 3.72. The number of aliphatic hydroxyl groups excluding tert-OH is 1. The van der Waals surface area contributed by atoms with Crippen molar-refractivity contribution in [1.82, 2.24) is 0 Å². The SMILES string of the molecule is NC(=O)C(O)c1c(F)cccc1Cl. The van der Waals surface area contributed by atoms with Gasteiger partial charge in [0.1, 0.15) is 5.82 Å². The number of halogens is 2. The van der Waals surface area contributed by atoms with Crippen molar-refractivity contribution in [2.45, 2.75) is 6.10 Å². The number of amides is 1. The Balaban J connectivity index is 3.20. The van der Waals surface area contributed by atoms with Crippen LogP contribution in [-0.2, 0) is 4.79 Å². The number of nitrogens with two attached hydrogens (primary N) is 1. The molecular formula is C8H7ClFNO2. The van der Waals surface area contributed by atoms with Crippen molar-refractivity contribution in [2.75, 3.05) is 0 Å². The lowest BCUT2D eigenvalue weighted by Crippen LogP contribution is -2.22. The summed E-state index contributed by atoms with van der Waals surface area (Å²) in [6.07, 6.45) is -1.70. The fourth-order valence-corrected chi connectivity index (χ4v) is 1.18. The fraction of sp³-hybridized carbons (Fsp3) is 0.125. The Morgan fingerprint density at radius 2 is 2.23 bits per heavy atom. The molecule has 13 heavy (non-hydrogen) atoms. The third-order valence-electron chi connectivity index (χ3n) is 1.54. The average Bonchev–Trinajstić information content (AvgIpc) is 2.03. The summed E-state index contributed by atoms with van der Waals surface area (Å²) in [6, 6.07) is 3.83. The van der Waals surface area contributed by atoms with Gasteiger partial charge in [0.15, 0.2) is 6.10 Å². The molecule has 3 nitrogen and oxygen atoms in total. The van der Waals surface area contributed by atoms with E-state index in [-0.39, 0.29) is 10.6 Å². The molecule has 0 aromatic heterocycles. The smallest absolute Gasteiger partial charge is 0.251 e. The summed E-state index contributed by atoms with van der Waals surface area (Å²) in [5, 5.41) is 9.14. The zero-order valence-electron chi connectivity index (χ0n) is 6.50. The van der Waals surface area contributed by atoms with E-state index in [1.54, 1.807) is 0 Å². The van der Waals surface area contributed by atoms with Crippen LogP contribution in [0, 0.1) is 5.82 Å². The number of carbonyl (C=O) groups excluding carboxylic acids is 1. The van der Waals surface area contributed by atoms with Gasteiger partial charge >= 0.3 is 0 Å². The Kier molecular flexibility index (Phi) is 2.85. The van der Waals surface area contributed by atoms with Crippen molar-refractivity contribution in [3.63, 3.8) is 0 Å². The highest BCUT2D eigenvalue weighted by Crippen LogP contribution is 2.25. The van der Waals surface area contributed by atoms with Crippen molar-refractivity contribution >= 4 is 17.5 Å². The summed E-state index contributed by atoms with van der Waals surface area (Å²) in [7, 11) is 0. The maximum absolute atomic E-state index is 13.0. The number of hydrogen-bond donors (Lipinski definition) is 2. The van der Waals surface area contributed by atoms with Gasteiger partial charge in [-0.05, 0) is 12.1 Å². The summed E-state index contributed by atoms with van der Waals surface area (Å²) in [4.78, 5) is 10.6. The molecule has 5 heteroatoms. The molecule has 0 spiro atoms. The van der Waals surface area contributed by atoms with E-state index in [4.69, 9.17) is 22.4 Å². The molecule has 0 fully saturated rings. The highest BCUT2D eigenvalue weighted by molar-refractivity contribution is 6.31. The van der Waals surface area contributed by atoms with Crippen molar-refractivity contribution in [2.24, 2.45) is 5.73 Å². The van der Waals surface area contributed by atoms with Crippen LogP contribution < -0.4 is 5.73 Å². The second-order valence-corrected chi connectivity index (χ2v) is 2.85. The van der Waals surface area contributed by atoms with E-state index >= 15 is 0 Å². The van der Waals surface area contributed by atoms with Crippen LogP contribution in [0.2, 0.25) is 5.02 Å². The van der Waals surface area contributed by atoms with Gasteiger partial charge in [-0.3, -0.25) is 4.79 Å². The van der Waals surface area contributed by atoms with E-state index in [1.807, 2.05) is 0 Å². The van der Waals surface area contributed by atoms with E-state index in [0.29, 0.717) is 0 Å². The van der Waals surface area contributed by atoms with Gasteiger partial charge in [0, 0.05) is 10.6 Å². The van der Waals surface area contributed by atoms with Gasteiger partial charge in [-0.1, -0.05) is 17.7 Å². The van der Waals surface area contributed by atoms with Gasteiger partial charge in [-0.2, -0.15) is 0 Å². The molecule has 1 aromatic rings. The molecule has 0 bridgehead atoms. The predicted octanol–water partition coefficient (Wildman–Crippen LogP) is 0.998. The minimum atomic E-state index is -1.70. The summed E-state index contributed by atoms with van der Waals surface area (Å²) in [5.74, 6) is -1.79. The van der Waals surface area contributed by atoms with Crippen LogP contribution in [0.5, 0.6) is 0 Å². The quantitative estimate of drug-likeness (QED) is 0.753. The van der Waals surface area contributed by atoms with Crippen LogP contribution >= 0.6 is 11.6 Å². The Morgan fingerprint density at radius 3 is 2.69 bits per heavy atom. The molecule has 0 radical (unpaired) electrons. The number of aliphatic hydroxyl groups is 1. The van der Waals surface area contributed by atoms with Crippen LogP contribution in [0.1, 0.15) is 11.7 Å². The van der Waals surface area contributed by atoms with Crippen LogP contribution in [0.25, 0.3) is 0 Å². The van der Waals surface area contributed by atoms with Gasteiger partial charge < -0.3 is 10.8 Å². The number of hydrogen-bond acceptors (Lipinski definition) is 2. The summed E-state index contributed by atoms with van der Waals surface area (Å²) < 4.78 is 13.0. The predicted molar refractivity (Wildman–Crippen MR) is 45.6 cm³/mol. The van der Waals surface area contributed by atoms with E-state index in [0.717, 1.165) is 6.07 Å². The summed E-state index contributed by atoms with van der Waals surface area (Å²) in [6.45, 7) is 0. The van der Waals surface area contributed by atoms with Gasteiger partial charge in [-0.25, -0.2) is 4.39 Å². The Bertz CT molecular complexity index is 323. The highest BCUT2D eigenvalue weighted by Gasteiger charge is 2.20. The average molecular weight is 204 g/mol. The molecule has 3 N–H and O–H groups in total. The maximum atomic E-state index is 13.0. The molecule has 1 atom stereocenters. The molecule has 0 saturated heterocycles. The number of primary amides is 1. The second-order valence-electron chi connectivity index (χ2n) is 2.44. The lowest BCUT2D eigenvalue weighted by molar-refractivity contribution is -0.126. The van der Waals surface area contributed by atoms with Crippen LogP contribution in [0.15, 0.2) is 18.2 Å². The molecule has 0 aliphatic rings. The van der Waals surface area contributed by atoms with Crippen molar-refractivity contribution in [3.05, 3.63) is 34.6 Å². The standard InChI is InChI=1S/C8H7ClFNO2/c9-4-2-1-3-5(10)6(4)7(12)8(11)13/h1-3,7,12H,(H2,11,13). The van der Waals surface area contributed by atoms with E-state index in [2.05, 4.69) is 0 Å². The molecule has 1 amide bonds. The minimum absolute atomic E-state index is 0.0219. The van der Waals surface area contributed by atoms with Crippen LogP contribution in [0.3, 0.4) is 0 Å². The van der Waals surface area contributed by atoms with Crippen molar-refractivity contribution in [3.8, 4) is 0 Å². The number of carbonyl (C=O) groups is 1. The van der Waals surface area contributed by atoms with Crippen molar-refractivity contribution in [1.29, 1.82) is 0 Å². The number of rotatable bonds is 2. The minimum Gasteiger partial charge on any atom is -0.378 e. The number of benzene rings is 1. The summed E-state index contributed by atoms with van der Waals surface area (Å²) >= 11 is 5.56. The first-order valence-electron chi connectivity index (χ1n) is 3.45. The Hall–Kier alpha value is -1.13. The topological polar surface area (TPSA) is 63.3 Å². The van der Waals surface area contributed by atoms with E-state index in [1.165, 1.54) is 12.1 Å².